The van der Waals surface area contributed by atoms with Crippen LogP contribution in [0.1, 0.15) is 31.1 Å². The highest BCUT2D eigenvalue weighted by molar-refractivity contribution is 5.96. The molecule has 2 atom stereocenters. The highest BCUT2D eigenvalue weighted by Gasteiger charge is 2.26. The van der Waals surface area contributed by atoms with Crippen LogP contribution in [0.5, 0.6) is 5.75 Å². The van der Waals surface area contributed by atoms with Crippen LogP contribution < -0.4 is 10.1 Å². The summed E-state index contributed by atoms with van der Waals surface area (Å²) in [6.07, 6.45) is -0.108. The first-order valence-electron chi connectivity index (χ1n) is 8.99. The van der Waals surface area contributed by atoms with Crippen molar-refractivity contribution in [3.63, 3.8) is 0 Å². The summed E-state index contributed by atoms with van der Waals surface area (Å²) < 4.78 is 15.8. The van der Waals surface area contributed by atoms with E-state index < -0.39 is 11.9 Å². The van der Waals surface area contributed by atoms with Crippen LogP contribution in [0.15, 0.2) is 24.3 Å². The van der Waals surface area contributed by atoms with Gasteiger partial charge in [0.1, 0.15) is 12.3 Å². The van der Waals surface area contributed by atoms with Crippen LogP contribution in [0, 0.1) is 0 Å². The molecule has 2 amide bonds. The Morgan fingerprint density at radius 2 is 1.78 bits per heavy atom. The summed E-state index contributed by atoms with van der Waals surface area (Å²) in [7, 11) is 0. The van der Waals surface area contributed by atoms with Gasteiger partial charge in [-0.05, 0) is 45.0 Å². The zero-order valence-corrected chi connectivity index (χ0v) is 15.9. The Morgan fingerprint density at radius 1 is 1.15 bits per heavy atom. The molecule has 1 aliphatic heterocycles. The molecule has 27 heavy (non-hydrogen) atoms. The number of amides is 2. The lowest BCUT2D eigenvalue weighted by atomic mass is 10.2. The second kappa shape index (κ2) is 9.91. The number of benzene rings is 1. The van der Waals surface area contributed by atoms with Gasteiger partial charge in [-0.3, -0.25) is 14.4 Å². The summed E-state index contributed by atoms with van der Waals surface area (Å²) in [6.45, 7) is 6.46. The fraction of sp³-hybridized carbons (Fsp3) is 0.526. The summed E-state index contributed by atoms with van der Waals surface area (Å²) in [5.74, 6) is -0.684. The number of hydrogen-bond acceptors (Lipinski definition) is 6. The molecule has 1 fully saturated rings. The zero-order chi connectivity index (χ0) is 19.8. The molecule has 2 rings (SSSR count). The number of carbonyl (C=O) groups excluding carboxylic acids is 3. The smallest absolute Gasteiger partial charge is 0.325 e. The molecule has 0 radical (unpaired) electrons. The molecule has 1 aromatic rings. The van der Waals surface area contributed by atoms with E-state index in [9.17, 15) is 14.4 Å². The number of nitrogens with zero attached hydrogens (tertiary/aromatic N) is 1. The van der Waals surface area contributed by atoms with Gasteiger partial charge in [-0.2, -0.15) is 0 Å². The normalized spacial score (nSPS) is 19.3. The summed E-state index contributed by atoms with van der Waals surface area (Å²) in [4.78, 5) is 37.6. The maximum absolute atomic E-state index is 12.1. The topological polar surface area (TPSA) is 94.2 Å². The van der Waals surface area contributed by atoms with Gasteiger partial charge in [-0.15, -0.1) is 0 Å². The number of morpholine rings is 1. The van der Waals surface area contributed by atoms with E-state index in [-0.39, 0.29) is 31.3 Å². The molecule has 0 aliphatic carbocycles. The molecule has 0 bridgehead atoms. The maximum atomic E-state index is 12.1. The first-order chi connectivity index (χ1) is 12.9. The van der Waals surface area contributed by atoms with Crippen LogP contribution in [0.3, 0.4) is 0 Å². The van der Waals surface area contributed by atoms with Crippen molar-refractivity contribution >= 4 is 17.8 Å². The van der Waals surface area contributed by atoms with Crippen molar-refractivity contribution in [2.24, 2.45) is 0 Å². The highest BCUT2D eigenvalue weighted by Crippen LogP contribution is 2.12. The van der Waals surface area contributed by atoms with Crippen molar-refractivity contribution in [2.75, 3.05) is 32.8 Å². The molecule has 8 nitrogen and oxygen atoms in total. The highest BCUT2D eigenvalue weighted by atomic mass is 16.5. The van der Waals surface area contributed by atoms with Crippen LogP contribution in [-0.4, -0.2) is 67.7 Å². The van der Waals surface area contributed by atoms with Gasteiger partial charge in [-0.1, -0.05) is 0 Å². The van der Waals surface area contributed by atoms with Crippen molar-refractivity contribution in [3.05, 3.63) is 29.8 Å². The second-order valence-corrected chi connectivity index (χ2v) is 6.36. The average Bonchev–Trinajstić information content (AvgIpc) is 2.64. The Morgan fingerprint density at radius 3 is 2.37 bits per heavy atom. The monoisotopic (exact) mass is 378 g/mol. The third kappa shape index (κ3) is 6.56. The molecule has 8 heteroatoms. The minimum Gasteiger partial charge on any atom is -0.494 e. The minimum atomic E-state index is -0.669. The second-order valence-electron chi connectivity index (χ2n) is 6.36. The van der Waals surface area contributed by atoms with Gasteiger partial charge in [0.2, 0.25) is 0 Å². The minimum absolute atomic E-state index is 0.0539. The fourth-order valence-corrected chi connectivity index (χ4v) is 2.79. The summed E-state index contributed by atoms with van der Waals surface area (Å²) in [5.41, 5.74) is 0.402. The van der Waals surface area contributed by atoms with E-state index >= 15 is 0 Å². The molecule has 1 heterocycles. The van der Waals surface area contributed by atoms with Gasteiger partial charge < -0.3 is 24.4 Å². The Bertz CT molecular complexity index is 651. The van der Waals surface area contributed by atoms with E-state index in [1.54, 1.807) is 29.2 Å². The molecule has 0 saturated carbocycles. The summed E-state index contributed by atoms with van der Waals surface area (Å²) in [6, 6.07) is 6.57. The molecule has 148 valence electrons. The molecule has 1 saturated heterocycles. The van der Waals surface area contributed by atoms with Crippen molar-refractivity contribution < 1.29 is 28.6 Å². The van der Waals surface area contributed by atoms with Gasteiger partial charge in [0, 0.05) is 18.7 Å². The lowest BCUT2D eigenvalue weighted by Gasteiger charge is -2.35. The Kier molecular flexibility index (Phi) is 7.60. The third-order valence-electron chi connectivity index (χ3n) is 3.95. The fourth-order valence-electron chi connectivity index (χ4n) is 2.79. The first-order valence-corrected chi connectivity index (χ1v) is 8.99. The van der Waals surface area contributed by atoms with E-state index in [0.29, 0.717) is 31.0 Å². The van der Waals surface area contributed by atoms with E-state index in [0.717, 1.165) is 0 Å². The third-order valence-corrected chi connectivity index (χ3v) is 3.95. The van der Waals surface area contributed by atoms with Crippen LogP contribution in [-0.2, 0) is 19.1 Å². The van der Waals surface area contributed by atoms with E-state index in [1.807, 2.05) is 20.8 Å². The van der Waals surface area contributed by atoms with Crippen LogP contribution in [0.25, 0.3) is 0 Å². The zero-order valence-electron chi connectivity index (χ0n) is 15.9. The molecule has 1 aliphatic rings. The number of hydrogen-bond donors (Lipinski definition) is 1. The number of rotatable bonds is 7. The maximum Gasteiger partial charge on any atom is 0.325 e. The standard InChI is InChI=1S/C19H26N2O6/c1-4-25-16-7-5-15(6-8-16)19(24)20-9-18(23)26-12-17(22)21-10-13(2)27-14(3)11-21/h5-8,13-14H,4,9-12H2,1-3H3,(H,20,24)/t13-,14+. The number of ether oxygens (including phenoxy) is 3. The predicted octanol–water partition coefficient (Wildman–Crippen LogP) is 0.994. The number of esters is 1. The van der Waals surface area contributed by atoms with Gasteiger partial charge >= 0.3 is 5.97 Å². The molecule has 0 aromatic heterocycles. The Balaban J connectivity index is 1.72. The van der Waals surface area contributed by atoms with E-state index in [4.69, 9.17) is 14.2 Å². The molecular weight excluding hydrogens is 352 g/mol. The van der Waals surface area contributed by atoms with Crippen molar-refractivity contribution in [1.82, 2.24) is 10.2 Å². The predicted molar refractivity (Wildman–Crippen MR) is 97.5 cm³/mol. The van der Waals surface area contributed by atoms with E-state index in [1.165, 1.54) is 0 Å². The Labute approximate surface area is 158 Å². The van der Waals surface area contributed by atoms with Crippen molar-refractivity contribution in [3.8, 4) is 5.75 Å². The first kappa shape index (κ1) is 20.7. The number of nitrogens with one attached hydrogen (secondary N) is 1. The van der Waals surface area contributed by atoms with Crippen LogP contribution >= 0.6 is 0 Å². The van der Waals surface area contributed by atoms with Gasteiger partial charge in [-0.25, -0.2) is 0 Å². The quantitative estimate of drug-likeness (QED) is 0.711. The lowest BCUT2D eigenvalue weighted by Crippen LogP contribution is -2.49. The van der Waals surface area contributed by atoms with Crippen LogP contribution in [0.4, 0.5) is 0 Å². The molecule has 1 N–H and O–H groups in total. The van der Waals surface area contributed by atoms with Crippen molar-refractivity contribution in [1.29, 1.82) is 0 Å². The van der Waals surface area contributed by atoms with Crippen molar-refractivity contribution in [2.45, 2.75) is 33.0 Å². The largest absolute Gasteiger partial charge is 0.494 e. The Hall–Kier alpha value is -2.61. The summed E-state index contributed by atoms with van der Waals surface area (Å²) >= 11 is 0. The number of carbonyl (C=O) groups is 3. The van der Waals surface area contributed by atoms with Gasteiger partial charge in [0.15, 0.2) is 6.61 Å². The molecule has 1 aromatic carbocycles. The SMILES string of the molecule is CCOc1ccc(C(=O)NCC(=O)OCC(=O)N2C[C@@H](C)O[C@@H](C)C2)cc1. The average molecular weight is 378 g/mol. The van der Waals surface area contributed by atoms with Gasteiger partial charge in [0.05, 0.1) is 18.8 Å². The molecule has 0 unspecified atom stereocenters. The van der Waals surface area contributed by atoms with E-state index in [2.05, 4.69) is 5.32 Å². The van der Waals surface area contributed by atoms with Gasteiger partial charge in [0.25, 0.3) is 11.8 Å². The molecular formula is C19H26N2O6. The van der Waals surface area contributed by atoms with Crippen LogP contribution in [0.2, 0.25) is 0 Å². The molecule has 0 spiro atoms. The lowest BCUT2D eigenvalue weighted by molar-refractivity contribution is -0.156. The summed E-state index contributed by atoms with van der Waals surface area (Å²) in [5, 5.41) is 2.47.